The Morgan fingerprint density at radius 2 is 2.13 bits per heavy atom. The normalized spacial score (nSPS) is 19.2. The van der Waals surface area contributed by atoms with Gasteiger partial charge in [0.1, 0.15) is 23.3 Å². The van der Waals surface area contributed by atoms with Gasteiger partial charge in [0.05, 0.1) is 28.5 Å². The Bertz CT molecular complexity index is 1310. The number of alkyl halides is 1. The van der Waals surface area contributed by atoms with Crippen molar-refractivity contribution in [2.75, 3.05) is 37.8 Å². The highest BCUT2D eigenvalue weighted by molar-refractivity contribution is 8.00. The molecule has 2 aliphatic rings. The lowest BCUT2D eigenvalue weighted by Gasteiger charge is -2.35. The van der Waals surface area contributed by atoms with Crippen LogP contribution in [0, 0.1) is 5.82 Å². The van der Waals surface area contributed by atoms with Gasteiger partial charge in [0, 0.05) is 43.3 Å². The Kier molecular flexibility index (Phi) is 10.8. The topological polar surface area (TPSA) is 79.4 Å². The van der Waals surface area contributed by atoms with Gasteiger partial charge in [0.15, 0.2) is 5.82 Å². The highest BCUT2D eigenvalue weighted by Gasteiger charge is 2.29. The van der Waals surface area contributed by atoms with Crippen molar-refractivity contribution in [3.63, 3.8) is 0 Å². The van der Waals surface area contributed by atoms with Crippen LogP contribution < -0.4 is 15.4 Å². The van der Waals surface area contributed by atoms with E-state index in [9.17, 15) is 9.18 Å². The van der Waals surface area contributed by atoms with E-state index >= 15 is 4.39 Å². The lowest BCUT2D eigenvalue weighted by molar-refractivity contribution is -0.113. The third-order valence-corrected chi connectivity index (χ3v) is 7.95. The number of likely N-dealkylation sites (tertiary alicyclic amines) is 1. The average Bonchev–Trinajstić information content (AvgIpc) is 2.87. The number of nitrogens with zero attached hydrogens (tertiary/aromatic N) is 3. The van der Waals surface area contributed by atoms with Crippen LogP contribution in [0.5, 0.6) is 5.75 Å². The van der Waals surface area contributed by atoms with Crippen molar-refractivity contribution in [2.45, 2.75) is 36.5 Å². The maximum Gasteiger partial charge on any atom is 0.235 e. The number of anilines is 1. The summed E-state index contributed by atoms with van der Waals surface area (Å²) in [6.45, 7) is 2.03. The molecular formula is C25H28Cl3F2N5O2S. The fraction of sp³-hybridized carbons (Fsp3) is 0.400. The summed E-state index contributed by atoms with van der Waals surface area (Å²) in [5, 5.41) is 7.13. The molecule has 2 aromatic heterocycles. The van der Waals surface area contributed by atoms with Gasteiger partial charge in [-0.15, -0.1) is 36.6 Å². The molecular weight excluding hydrogens is 579 g/mol. The summed E-state index contributed by atoms with van der Waals surface area (Å²) in [7, 11) is 1.48. The van der Waals surface area contributed by atoms with E-state index in [1.807, 2.05) is 12.1 Å². The second kappa shape index (κ2) is 13.4. The van der Waals surface area contributed by atoms with Crippen LogP contribution in [0.2, 0.25) is 5.02 Å². The summed E-state index contributed by atoms with van der Waals surface area (Å²) >= 11 is 7.88. The summed E-state index contributed by atoms with van der Waals surface area (Å²) in [5.74, 6) is 0.833. The summed E-state index contributed by atoms with van der Waals surface area (Å²) in [5.41, 5.74) is 1.78. The lowest BCUT2D eigenvalue weighted by atomic mass is 10.0. The van der Waals surface area contributed by atoms with Gasteiger partial charge in [-0.2, -0.15) is 0 Å². The van der Waals surface area contributed by atoms with E-state index in [-0.39, 0.29) is 42.3 Å². The summed E-state index contributed by atoms with van der Waals surface area (Å²) in [4.78, 5) is 23.3. The fourth-order valence-electron chi connectivity index (χ4n) is 4.64. The Labute approximate surface area is 241 Å². The molecule has 7 nitrogen and oxygen atoms in total. The summed E-state index contributed by atoms with van der Waals surface area (Å²) in [6, 6.07) is 6.59. The van der Waals surface area contributed by atoms with Gasteiger partial charge in [-0.1, -0.05) is 11.6 Å². The summed E-state index contributed by atoms with van der Waals surface area (Å²) in [6.07, 6.45) is 1.60. The van der Waals surface area contributed by atoms with Crippen LogP contribution in [-0.2, 0) is 17.8 Å². The quantitative estimate of drug-likeness (QED) is 0.389. The lowest BCUT2D eigenvalue weighted by Crippen LogP contribution is -2.51. The van der Waals surface area contributed by atoms with Crippen LogP contribution in [0.1, 0.15) is 17.7 Å². The number of amides is 1. The third-order valence-electron chi connectivity index (χ3n) is 6.57. The van der Waals surface area contributed by atoms with Gasteiger partial charge < -0.3 is 15.4 Å². The minimum absolute atomic E-state index is 0. The van der Waals surface area contributed by atoms with E-state index in [2.05, 4.69) is 25.5 Å². The molecule has 206 valence electrons. The molecule has 2 aliphatic heterocycles. The predicted octanol–water partition coefficient (Wildman–Crippen LogP) is 5.06. The van der Waals surface area contributed by atoms with Crippen LogP contribution in [0.3, 0.4) is 0 Å². The number of nitrogens with one attached hydrogen (secondary N) is 2. The van der Waals surface area contributed by atoms with E-state index in [0.29, 0.717) is 60.2 Å². The zero-order valence-corrected chi connectivity index (χ0v) is 23.7. The molecule has 0 aliphatic carbocycles. The van der Waals surface area contributed by atoms with Crippen LogP contribution in [0.25, 0.3) is 10.9 Å². The Balaban J connectivity index is 0.00000200. The molecule has 0 spiro atoms. The number of halogens is 5. The van der Waals surface area contributed by atoms with E-state index in [1.165, 1.54) is 31.1 Å². The van der Waals surface area contributed by atoms with Crippen molar-refractivity contribution in [3.05, 3.63) is 52.6 Å². The number of carbonyl (C=O) groups is 1. The van der Waals surface area contributed by atoms with Crippen molar-refractivity contribution in [1.82, 2.24) is 20.2 Å². The number of aromatic nitrogens is 2. The molecule has 1 saturated heterocycles. The molecule has 13 heteroatoms. The molecule has 4 heterocycles. The summed E-state index contributed by atoms with van der Waals surface area (Å²) < 4.78 is 34.7. The first kappa shape index (κ1) is 30.6. The minimum atomic E-state index is -1.05. The van der Waals surface area contributed by atoms with Gasteiger partial charge >= 0.3 is 0 Å². The van der Waals surface area contributed by atoms with Crippen molar-refractivity contribution < 1.29 is 18.3 Å². The number of piperidine rings is 1. The molecule has 1 fully saturated rings. The van der Waals surface area contributed by atoms with Gasteiger partial charge in [0.25, 0.3) is 0 Å². The van der Waals surface area contributed by atoms with E-state index in [0.717, 1.165) is 22.7 Å². The maximum absolute atomic E-state index is 15.0. The molecule has 0 radical (unpaired) electrons. The smallest absolute Gasteiger partial charge is 0.235 e. The molecule has 2 unspecified atom stereocenters. The first-order valence-electron chi connectivity index (χ1n) is 11.7. The largest absolute Gasteiger partial charge is 0.497 e. The number of ether oxygens (including phenoxy) is 1. The van der Waals surface area contributed by atoms with Crippen LogP contribution in [0.15, 0.2) is 35.4 Å². The Morgan fingerprint density at radius 1 is 1.32 bits per heavy atom. The minimum Gasteiger partial charge on any atom is -0.497 e. The van der Waals surface area contributed by atoms with Crippen molar-refractivity contribution >= 4 is 70.8 Å². The van der Waals surface area contributed by atoms with Gasteiger partial charge in [-0.3, -0.25) is 14.7 Å². The molecule has 2 atom stereocenters. The first-order chi connectivity index (χ1) is 17.4. The second-order valence-electron chi connectivity index (χ2n) is 8.92. The zero-order chi connectivity index (χ0) is 25.2. The van der Waals surface area contributed by atoms with Crippen LogP contribution >= 0.6 is 48.2 Å². The van der Waals surface area contributed by atoms with Crippen molar-refractivity contribution in [3.8, 4) is 5.75 Å². The highest BCUT2D eigenvalue weighted by Crippen LogP contribution is 2.31. The number of methoxy groups -OCH3 is 1. The molecule has 2 N–H and O–H groups in total. The Morgan fingerprint density at radius 3 is 2.89 bits per heavy atom. The fourth-order valence-corrected chi connectivity index (χ4v) is 5.65. The molecule has 1 amide bonds. The number of fused-ring (bicyclic) bond motifs is 2. The molecule has 3 aromatic rings. The molecule has 5 rings (SSSR count). The Hall–Kier alpha value is -1.95. The predicted molar refractivity (Wildman–Crippen MR) is 152 cm³/mol. The number of pyridine rings is 2. The molecule has 0 bridgehead atoms. The number of hydrogen-bond donors (Lipinski definition) is 2. The van der Waals surface area contributed by atoms with Crippen LogP contribution in [-0.4, -0.2) is 65.5 Å². The standard InChI is InChI=1S/C25H26ClF2N5O2S.2ClH/c1-35-15-8-17-16(18(26)11-30-24(17)19(27)9-15)4-6-33-7-5-21(20(28)12-33)29-10-14-2-3-22-25(31-14)32-23(34)13-36-22;;/h2-3,8-9,11,20-21,29H,4-7,10,12-13H2,1H3,(H,31,32,34);2*1H. The van der Waals surface area contributed by atoms with Crippen LogP contribution in [0.4, 0.5) is 14.6 Å². The van der Waals surface area contributed by atoms with E-state index < -0.39 is 12.0 Å². The van der Waals surface area contributed by atoms with Crippen molar-refractivity contribution in [1.29, 1.82) is 0 Å². The number of benzene rings is 1. The third kappa shape index (κ3) is 6.78. The highest BCUT2D eigenvalue weighted by atomic mass is 35.5. The van der Waals surface area contributed by atoms with Crippen molar-refractivity contribution in [2.24, 2.45) is 0 Å². The second-order valence-corrected chi connectivity index (χ2v) is 10.3. The first-order valence-corrected chi connectivity index (χ1v) is 13.1. The maximum atomic E-state index is 15.0. The zero-order valence-electron chi connectivity index (χ0n) is 20.5. The number of thioether (sulfide) groups is 1. The SMILES string of the molecule is COc1cc(F)c2ncc(Cl)c(CCN3CCC(NCc4ccc5c(n4)NC(=O)CS5)C(F)C3)c2c1.Cl.Cl. The van der Waals surface area contributed by atoms with Gasteiger partial charge in [-0.25, -0.2) is 13.8 Å². The number of carbonyl (C=O) groups excluding carboxylic acids is 1. The van der Waals surface area contributed by atoms with Gasteiger partial charge in [0.2, 0.25) is 5.91 Å². The molecule has 1 aromatic carbocycles. The molecule has 0 saturated carbocycles. The van der Waals surface area contributed by atoms with E-state index in [1.54, 1.807) is 6.07 Å². The number of hydrogen-bond acceptors (Lipinski definition) is 7. The average molecular weight is 607 g/mol. The van der Waals surface area contributed by atoms with E-state index in [4.69, 9.17) is 16.3 Å². The monoisotopic (exact) mass is 605 g/mol. The molecule has 38 heavy (non-hydrogen) atoms. The number of rotatable bonds is 7. The van der Waals surface area contributed by atoms with Gasteiger partial charge in [-0.05, 0) is 43.1 Å².